The van der Waals surface area contributed by atoms with Gasteiger partial charge in [0, 0.05) is 6.20 Å². The van der Waals surface area contributed by atoms with Crippen LogP contribution in [-0.4, -0.2) is 26.0 Å². The number of hydrogen-bond acceptors (Lipinski definition) is 6. The fourth-order valence-electron chi connectivity index (χ4n) is 1.48. The summed E-state index contributed by atoms with van der Waals surface area (Å²) in [5.41, 5.74) is 0.906. The van der Waals surface area contributed by atoms with E-state index in [-0.39, 0.29) is 5.69 Å². The highest BCUT2D eigenvalue weighted by Crippen LogP contribution is 2.32. The molecule has 5 nitrogen and oxygen atoms in total. The Bertz CT molecular complexity index is 724. The first-order chi connectivity index (χ1) is 9.22. The zero-order valence-corrected chi connectivity index (χ0v) is 11.1. The molecule has 94 valence electrons. The van der Waals surface area contributed by atoms with Gasteiger partial charge >= 0.3 is 5.97 Å². The van der Waals surface area contributed by atoms with Crippen LogP contribution in [0.3, 0.4) is 0 Å². The molecule has 0 saturated carbocycles. The van der Waals surface area contributed by atoms with Crippen LogP contribution in [-0.2, 0) is 0 Å². The lowest BCUT2D eigenvalue weighted by molar-refractivity contribution is 0.0689. The number of carboxylic acids is 1. The number of para-hydroxylation sites is 1. The van der Waals surface area contributed by atoms with Crippen molar-refractivity contribution in [2.45, 2.75) is 9.50 Å². The van der Waals surface area contributed by atoms with Crippen LogP contribution in [0.2, 0.25) is 0 Å². The Labute approximate surface area is 116 Å². The minimum atomic E-state index is -1.06. The van der Waals surface area contributed by atoms with Gasteiger partial charge in [-0.1, -0.05) is 12.1 Å². The molecule has 0 spiro atoms. The summed E-state index contributed by atoms with van der Waals surface area (Å²) in [4.78, 5) is 23.3. The number of thiazole rings is 1. The van der Waals surface area contributed by atoms with E-state index >= 15 is 0 Å². The minimum Gasteiger partial charge on any atom is -0.477 e. The summed E-state index contributed by atoms with van der Waals surface area (Å²) in [6.45, 7) is 0. The minimum absolute atomic E-state index is 0.0152. The van der Waals surface area contributed by atoms with E-state index in [0.29, 0.717) is 5.16 Å². The van der Waals surface area contributed by atoms with Crippen molar-refractivity contribution in [2.24, 2.45) is 0 Å². The number of hydrogen-bond donors (Lipinski definition) is 1. The van der Waals surface area contributed by atoms with Crippen LogP contribution in [0.25, 0.3) is 10.2 Å². The van der Waals surface area contributed by atoms with Crippen molar-refractivity contribution in [1.29, 1.82) is 0 Å². The van der Waals surface area contributed by atoms with Crippen molar-refractivity contribution in [3.63, 3.8) is 0 Å². The Morgan fingerprint density at radius 3 is 2.84 bits per heavy atom. The van der Waals surface area contributed by atoms with Gasteiger partial charge in [-0.15, -0.1) is 11.3 Å². The van der Waals surface area contributed by atoms with Gasteiger partial charge in [-0.05, 0) is 30.0 Å². The third-order valence-corrected chi connectivity index (χ3v) is 4.28. The van der Waals surface area contributed by atoms with Crippen molar-refractivity contribution in [3.8, 4) is 0 Å². The summed E-state index contributed by atoms with van der Waals surface area (Å²) in [5, 5.41) is 9.27. The topological polar surface area (TPSA) is 76.0 Å². The van der Waals surface area contributed by atoms with Crippen LogP contribution in [0.4, 0.5) is 0 Å². The molecule has 3 aromatic rings. The Morgan fingerprint density at radius 1 is 1.21 bits per heavy atom. The molecule has 0 aliphatic heterocycles. The molecule has 0 saturated heterocycles. The van der Waals surface area contributed by atoms with Crippen molar-refractivity contribution < 1.29 is 9.90 Å². The van der Waals surface area contributed by atoms with E-state index in [1.165, 1.54) is 35.4 Å². The predicted molar refractivity (Wildman–Crippen MR) is 72.7 cm³/mol. The summed E-state index contributed by atoms with van der Waals surface area (Å²) in [6, 6.07) is 9.18. The Hall–Kier alpha value is -1.99. The second-order valence-electron chi connectivity index (χ2n) is 3.58. The molecule has 19 heavy (non-hydrogen) atoms. The number of fused-ring (bicyclic) bond motifs is 1. The second kappa shape index (κ2) is 4.94. The lowest BCUT2D eigenvalue weighted by Crippen LogP contribution is -2.01. The summed E-state index contributed by atoms with van der Waals surface area (Å²) in [7, 11) is 0. The lowest BCUT2D eigenvalue weighted by Gasteiger charge is -1.97. The van der Waals surface area contributed by atoms with Crippen LogP contribution in [0.1, 0.15) is 10.5 Å². The van der Waals surface area contributed by atoms with Crippen molar-refractivity contribution in [3.05, 3.63) is 42.2 Å². The number of benzene rings is 1. The molecule has 0 aliphatic rings. The summed E-state index contributed by atoms with van der Waals surface area (Å²) in [5.74, 6) is -1.06. The van der Waals surface area contributed by atoms with Crippen LogP contribution in [0, 0.1) is 0 Å². The first kappa shape index (κ1) is 12.1. The van der Waals surface area contributed by atoms with Gasteiger partial charge in [0.15, 0.2) is 15.2 Å². The number of rotatable bonds is 3. The van der Waals surface area contributed by atoms with Gasteiger partial charge in [0.25, 0.3) is 0 Å². The molecule has 0 radical (unpaired) electrons. The molecule has 0 amide bonds. The quantitative estimate of drug-likeness (QED) is 0.747. The van der Waals surface area contributed by atoms with Gasteiger partial charge in [0.1, 0.15) is 0 Å². The highest BCUT2D eigenvalue weighted by molar-refractivity contribution is 8.01. The van der Waals surface area contributed by atoms with E-state index in [9.17, 15) is 4.79 Å². The molecular weight excluding hydrogens is 282 g/mol. The average Bonchev–Trinajstić information content (AvgIpc) is 2.81. The summed E-state index contributed by atoms with van der Waals surface area (Å²) < 4.78 is 1.88. The highest BCUT2D eigenvalue weighted by atomic mass is 32.2. The molecule has 0 bridgehead atoms. The zero-order chi connectivity index (χ0) is 13.2. The molecule has 2 heterocycles. The molecule has 1 N–H and O–H groups in total. The molecule has 0 fully saturated rings. The molecule has 3 rings (SSSR count). The Morgan fingerprint density at radius 2 is 2.05 bits per heavy atom. The van der Waals surface area contributed by atoms with Crippen molar-refractivity contribution in [2.75, 3.05) is 0 Å². The van der Waals surface area contributed by atoms with Gasteiger partial charge in [-0.2, -0.15) is 0 Å². The maximum Gasteiger partial charge on any atom is 0.354 e. The van der Waals surface area contributed by atoms with Crippen LogP contribution in [0.5, 0.6) is 0 Å². The summed E-state index contributed by atoms with van der Waals surface area (Å²) in [6.07, 6.45) is 1.44. The molecule has 0 atom stereocenters. The molecule has 1 aromatic carbocycles. The van der Waals surface area contributed by atoms with Gasteiger partial charge in [0.05, 0.1) is 10.2 Å². The first-order valence-corrected chi connectivity index (χ1v) is 6.95. The molecule has 7 heteroatoms. The largest absolute Gasteiger partial charge is 0.477 e. The first-order valence-electron chi connectivity index (χ1n) is 5.32. The highest BCUT2D eigenvalue weighted by Gasteiger charge is 2.10. The number of carbonyl (C=O) groups is 1. The number of aromatic nitrogens is 3. The number of carboxylic acid groups (broad SMARTS) is 1. The van der Waals surface area contributed by atoms with E-state index < -0.39 is 5.97 Å². The Kier molecular flexibility index (Phi) is 3.14. The standard InChI is InChI=1S/C12H7N3O2S2/c16-10(17)8-5-6-13-11(14-8)19-12-15-7-3-1-2-4-9(7)18-12/h1-6H,(H,16,17). The zero-order valence-electron chi connectivity index (χ0n) is 9.48. The Balaban J connectivity index is 1.92. The fraction of sp³-hybridized carbons (Fsp3) is 0. The SMILES string of the molecule is O=C(O)c1ccnc(Sc2nc3ccccc3s2)n1. The third kappa shape index (κ3) is 2.56. The van der Waals surface area contributed by atoms with Crippen LogP contribution < -0.4 is 0 Å². The van der Waals surface area contributed by atoms with Crippen LogP contribution in [0.15, 0.2) is 46.0 Å². The second-order valence-corrected chi connectivity index (χ2v) is 5.82. The average molecular weight is 289 g/mol. The van der Waals surface area contributed by atoms with E-state index in [4.69, 9.17) is 5.11 Å². The van der Waals surface area contributed by atoms with Crippen LogP contribution >= 0.6 is 23.1 Å². The maximum absolute atomic E-state index is 10.8. The van der Waals surface area contributed by atoms with Gasteiger partial charge in [-0.25, -0.2) is 19.7 Å². The third-order valence-electron chi connectivity index (χ3n) is 2.31. The predicted octanol–water partition coefficient (Wildman–Crippen LogP) is 2.94. The number of nitrogens with zero attached hydrogens (tertiary/aromatic N) is 3. The maximum atomic E-state index is 10.8. The molecule has 2 aromatic heterocycles. The summed E-state index contributed by atoms with van der Waals surface area (Å²) >= 11 is 2.80. The molecular formula is C12H7N3O2S2. The van der Waals surface area contributed by atoms with Crippen molar-refractivity contribution >= 4 is 39.3 Å². The number of aromatic carboxylic acids is 1. The van der Waals surface area contributed by atoms with E-state index in [0.717, 1.165) is 14.6 Å². The normalized spacial score (nSPS) is 10.7. The van der Waals surface area contributed by atoms with E-state index in [2.05, 4.69) is 15.0 Å². The smallest absolute Gasteiger partial charge is 0.354 e. The van der Waals surface area contributed by atoms with Gasteiger partial charge in [0.2, 0.25) is 0 Å². The molecule has 0 aliphatic carbocycles. The van der Waals surface area contributed by atoms with E-state index in [1.54, 1.807) is 0 Å². The lowest BCUT2D eigenvalue weighted by atomic mass is 10.3. The van der Waals surface area contributed by atoms with Crippen molar-refractivity contribution in [1.82, 2.24) is 15.0 Å². The fourth-order valence-corrected chi connectivity index (χ4v) is 3.40. The van der Waals surface area contributed by atoms with Gasteiger partial charge in [-0.3, -0.25) is 0 Å². The van der Waals surface area contributed by atoms with Gasteiger partial charge < -0.3 is 5.11 Å². The van der Waals surface area contributed by atoms with E-state index in [1.807, 2.05) is 24.3 Å². The molecule has 0 unspecified atom stereocenters. The monoisotopic (exact) mass is 289 g/mol.